The Morgan fingerprint density at radius 2 is 1.95 bits per heavy atom. The molecule has 0 unspecified atom stereocenters. The lowest BCUT2D eigenvalue weighted by Crippen LogP contribution is -2.45. The first-order valence-electron chi connectivity index (χ1n) is 6.55. The summed E-state index contributed by atoms with van der Waals surface area (Å²) >= 11 is 0. The smallest absolute Gasteiger partial charge is 0.490 e. The summed E-state index contributed by atoms with van der Waals surface area (Å²) in [5, 5.41) is 16.5. The SMILES string of the molecule is CCCN1CC(c2cccc(O)c2)C1.O=C(O)C(F)(F)F. The van der Waals surface area contributed by atoms with Crippen molar-refractivity contribution in [2.45, 2.75) is 25.4 Å². The van der Waals surface area contributed by atoms with Crippen molar-refractivity contribution >= 4 is 5.97 Å². The van der Waals surface area contributed by atoms with E-state index in [4.69, 9.17) is 9.90 Å². The van der Waals surface area contributed by atoms with Crippen molar-refractivity contribution in [3.63, 3.8) is 0 Å². The fourth-order valence-corrected chi connectivity index (χ4v) is 2.06. The number of halogens is 3. The Balaban J connectivity index is 0.000000270. The maximum Gasteiger partial charge on any atom is 0.490 e. The van der Waals surface area contributed by atoms with E-state index in [1.807, 2.05) is 12.1 Å². The van der Waals surface area contributed by atoms with Gasteiger partial charge in [0.05, 0.1) is 0 Å². The third-order valence-corrected chi connectivity index (χ3v) is 3.08. The maximum atomic E-state index is 10.6. The van der Waals surface area contributed by atoms with Crippen LogP contribution in [0.2, 0.25) is 0 Å². The summed E-state index contributed by atoms with van der Waals surface area (Å²) in [5.41, 5.74) is 1.28. The molecule has 0 amide bonds. The zero-order valence-electron chi connectivity index (χ0n) is 11.6. The fraction of sp³-hybridized carbons (Fsp3) is 0.500. The largest absolute Gasteiger partial charge is 0.508 e. The highest BCUT2D eigenvalue weighted by atomic mass is 19.4. The summed E-state index contributed by atoms with van der Waals surface area (Å²) in [4.78, 5) is 11.3. The van der Waals surface area contributed by atoms with Crippen LogP contribution in [0, 0.1) is 0 Å². The van der Waals surface area contributed by atoms with Crippen LogP contribution < -0.4 is 0 Å². The number of carbonyl (C=O) groups is 1. The minimum atomic E-state index is -5.08. The molecule has 0 radical (unpaired) electrons. The predicted molar refractivity (Wildman–Crippen MR) is 71.3 cm³/mol. The summed E-state index contributed by atoms with van der Waals surface area (Å²) in [6.07, 6.45) is -3.85. The summed E-state index contributed by atoms with van der Waals surface area (Å²) < 4.78 is 31.7. The van der Waals surface area contributed by atoms with E-state index in [1.54, 1.807) is 6.07 Å². The molecule has 0 saturated carbocycles. The van der Waals surface area contributed by atoms with Crippen molar-refractivity contribution in [3.05, 3.63) is 29.8 Å². The molecule has 4 nitrogen and oxygen atoms in total. The zero-order chi connectivity index (χ0) is 16.0. The van der Waals surface area contributed by atoms with Crippen molar-refractivity contribution in [2.24, 2.45) is 0 Å². The van der Waals surface area contributed by atoms with E-state index in [9.17, 15) is 18.3 Å². The molecule has 1 saturated heterocycles. The lowest BCUT2D eigenvalue weighted by Gasteiger charge is -2.39. The van der Waals surface area contributed by atoms with Crippen LogP contribution in [-0.2, 0) is 4.79 Å². The summed E-state index contributed by atoms with van der Waals surface area (Å²) in [6.45, 7) is 5.71. The number of hydrogen-bond acceptors (Lipinski definition) is 3. The number of carboxylic acid groups (broad SMARTS) is 1. The first-order valence-corrected chi connectivity index (χ1v) is 6.55. The molecule has 0 aliphatic carbocycles. The van der Waals surface area contributed by atoms with Crippen molar-refractivity contribution in [3.8, 4) is 5.75 Å². The second-order valence-electron chi connectivity index (χ2n) is 4.85. The molecule has 1 aliphatic heterocycles. The number of aliphatic carboxylic acids is 1. The van der Waals surface area contributed by atoms with Gasteiger partial charge in [-0.2, -0.15) is 13.2 Å². The maximum absolute atomic E-state index is 10.6. The van der Waals surface area contributed by atoms with E-state index < -0.39 is 12.1 Å². The molecule has 1 heterocycles. The third kappa shape index (κ3) is 5.63. The Morgan fingerprint density at radius 1 is 1.38 bits per heavy atom. The van der Waals surface area contributed by atoms with Gasteiger partial charge < -0.3 is 15.1 Å². The molecule has 0 bridgehead atoms. The molecule has 7 heteroatoms. The molecule has 0 aromatic heterocycles. The Hall–Kier alpha value is -1.76. The van der Waals surface area contributed by atoms with Gasteiger partial charge in [-0.15, -0.1) is 0 Å². The Bertz CT molecular complexity index is 471. The second-order valence-corrected chi connectivity index (χ2v) is 4.85. The van der Waals surface area contributed by atoms with E-state index in [1.165, 1.54) is 18.5 Å². The van der Waals surface area contributed by atoms with Crippen LogP contribution in [0.3, 0.4) is 0 Å². The number of alkyl halides is 3. The minimum Gasteiger partial charge on any atom is -0.508 e. The molecular formula is C14H18F3NO3. The third-order valence-electron chi connectivity index (χ3n) is 3.08. The van der Waals surface area contributed by atoms with Gasteiger partial charge in [-0.25, -0.2) is 4.79 Å². The molecule has 2 rings (SSSR count). The van der Waals surface area contributed by atoms with Crippen LogP contribution in [0.5, 0.6) is 5.75 Å². The van der Waals surface area contributed by atoms with Gasteiger partial charge in [0.25, 0.3) is 0 Å². The van der Waals surface area contributed by atoms with Gasteiger partial charge in [-0.05, 0) is 30.7 Å². The van der Waals surface area contributed by atoms with Crippen molar-refractivity contribution in [2.75, 3.05) is 19.6 Å². The molecule has 0 spiro atoms. The first-order chi connectivity index (χ1) is 9.74. The number of aromatic hydroxyl groups is 1. The molecule has 1 fully saturated rings. The standard InChI is InChI=1S/C12H17NO.C2HF3O2/c1-2-6-13-8-11(9-13)10-4-3-5-12(14)7-10;3-2(4,5)1(6)7/h3-5,7,11,14H,2,6,8-9H2,1H3;(H,6,7). The van der Waals surface area contributed by atoms with Gasteiger partial charge in [0.2, 0.25) is 0 Å². The summed E-state index contributed by atoms with van der Waals surface area (Å²) in [5.74, 6) is -1.74. The lowest BCUT2D eigenvalue weighted by molar-refractivity contribution is -0.192. The number of rotatable bonds is 3. The lowest BCUT2D eigenvalue weighted by atomic mass is 9.91. The van der Waals surface area contributed by atoms with Crippen LogP contribution in [-0.4, -0.2) is 46.9 Å². The van der Waals surface area contributed by atoms with Crippen LogP contribution in [0.1, 0.15) is 24.8 Å². The number of likely N-dealkylation sites (tertiary alicyclic amines) is 1. The number of nitrogens with zero attached hydrogens (tertiary/aromatic N) is 1. The molecule has 1 aromatic rings. The van der Waals surface area contributed by atoms with Gasteiger partial charge in [-0.3, -0.25) is 0 Å². The van der Waals surface area contributed by atoms with Crippen molar-refractivity contribution in [1.82, 2.24) is 4.90 Å². The highest BCUT2D eigenvalue weighted by Gasteiger charge is 2.38. The molecular weight excluding hydrogens is 287 g/mol. The summed E-state index contributed by atoms with van der Waals surface area (Å²) in [6, 6.07) is 7.64. The highest BCUT2D eigenvalue weighted by molar-refractivity contribution is 5.73. The Kier molecular flexibility index (Phi) is 6.02. The monoisotopic (exact) mass is 305 g/mol. The Labute approximate surface area is 120 Å². The van der Waals surface area contributed by atoms with Crippen molar-refractivity contribution < 1.29 is 28.2 Å². The van der Waals surface area contributed by atoms with E-state index in [2.05, 4.69) is 17.9 Å². The average Bonchev–Trinajstić information content (AvgIpc) is 2.32. The van der Waals surface area contributed by atoms with Crippen LogP contribution in [0.4, 0.5) is 13.2 Å². The molecule has 1 aromatic carbocycles. The molecule has 1 aliphatic rings. The normalized spacial score (nSPS) is 15.8. The van der Waals surface area contributed by atoms with Gasteiger partial charge in [0.1, 0.15) is 5.75 Å². The van der Waals surface area contributed by atoms with Gasteiger partial charge in [0, 0.05) is 19.0 Å². The van der Waals surface area contributed by atoms with Gasteiger partial charge in [0.15, 0.2) is 0 Å². The highest BCUT2D eigenvalue weighted by Crippen LogP contribution is 2.28. The van der Waals surface area contributed by atoms with E-state index in [0.717, 1.165) is 13.1 Å². The molecule has 21 heavy (non-hydrogen) atoms. The number of hydrogen-bond donors (Lipinski definition) is 2. The number of benzene rings is 1. The number of phenols is 1. The topological polar surface area (TPSA) is 60.8 Å². The van der Waals surface area contributed by atoms with E-state index in [0.29, 0.717) is 11.7 Å². The Morgan fingerprint density at radius 3 is 2.38 bits per heavy atom. The van der Waals surface area contributed by atoms with Crippen LogP contribution >= 0.6 is 0 Å². The first kappa shape index (κ1) is 17.3. The van der Waals surface area contributed by atoms with Gasteiger partial charge >= 0.3 is 12.1 Å². The van der Waals surface area contributed by atoms with Gasteiger partial charge in [-0.1, -0.05) is 19.1 Å². The molecule has 118 valence electrons. The average molecular weight is 305 g/mol. The van der Waals surface area contributed by atoms with Crippen LogP contribution in [0.25, 0.3) is 0 Å². The van der Waals surface area contributed by atoms with Crippen molar-refractivity contribution in [1.29, 1.82) is 0 Å². The van der Waals surface area contributed by atoms with E-state index in [-0.39, 0.29) is 0 Å². The quantitative estimate of drug-likeness (QED) is 0.901. The van der Waals surface area contributed by atoms with Crippen LogP contribution in [0.15, 0.2) is 24.3 Å². The minimum absolute atomic E-state index is 0.386. The zero-order valence-corrected chi connectivity index (χ0v) is 11.6. The fourth-order valence-electron chi connectivity index (χ4n) is 2.06. The number of carboxylic acids is 1. The second kappa shape index (κ2) is 7.31. The summed E-state index contributed by atoms with van der Waals surface area (Å²) in [7, 11) is 0. The molecule has 0 atom stereocenters. The number of phenolic OH excluding ortho intramolecular Hbond substituents is 1. The molecule has 2 N–H and O–H groups in total. The predicted octanol–water partition coefficient (Wildman–Crippen LogP) is 2.83. The van der Waals surface area contributed by atoms with E-state index >= 15 is 0 Å².